The number of halogens is 1. The first-order chi connectivity index (χ1) is 9.09. The number of hydrogen-bond donors (Lipinski definition) is 1. The summed E-state index contributed by atoms with van der Waals surface area (Å²) in [7, 11) is 0. The molecule has 1 saturated carbocycles. The van der Waals surface area contributed by atoms with Gasteiger partial charge in [0.25, 0.3) is 0 Å². The monoisotopic (exact) mass is 263 g/mol. The number of hydrogen-bond acceptors (Lipinski definition) is 2. The largest absolute Gasteiger partial charge is 0.481 e. The van der Waals surface area contributed by atoms with E-state index in [1.54, 1.807) is 12.1 Å². The lowest BCUT2D eigenvalue weighted by molar-refractivity contribution is -0.151. The first-order valence-electron chi connectivity index (χ1n) is 6.41. The molecule has 2 unspecified atom stereocenters. The average molecular weight is 263 g/mol. The maximum absolute atomic E-state index is 13.6. The summed E-state index contributed by atoms with van der Waals surface area (Å²) >= 11 is 0. The van der Waals surface area contributed by atoms with E-state index in [4.69, 9.17) is 5.11 Å². The molecule has 1 aromatic rings. The molecule has 0 spiro atoms. The SMILES string of the molecule is O=C(O)C1CCC1C(=O)N1CCc2c(F)cccc21. The molecule has 0 aromatic heterocycles. The Morgan fingerprint density at radius 2 is 2.00 bits per heavy atom. The Bertz CT molecular complexity index is 558. The molecule has 4 nitrogen and oxygen atoms in total. The second-order valence-electron chi connectivity index (χ2n) is 5.11. The molecule has 1 heterocycles. The lowest BCUT2D eigenvalue weighted by atomic mass is 9.73. The Hall–Kier alpha value is -1.91. The smallest absolute Gasteiger partial charge is 0.307 e. The Morgan fingerprint density at radius 1 is 1.26 bits per heavy atom. The van der Waals surface area contributed by atoms with Gasteiger partial charge in [0.15, 0.2) is 0 Å². The van der Waals surface area contributed by atoms with Gasteiger partial charge in [-0.1, -0.05) is 6.07 Å². The molecule has 3 rings (SSSR count). The van der Waals surface area contributed by atoms with E-state index in [2.05, 4.69) is 0 Å². The quantitative estimate of drug-likeness (QED) is 0.885. The predicted molar refractivity (Wildman–Crippen MR) is 66.3 cm³/mol. The number of nitrogens with zero attached hydrogens (tertiary/aromatic N) is 1. The summed E-state index contributed by atoms with van der Waals surface area (Å²) in [6, 6.07) is 4.68. The van der Waals surface area contributed by atoms with E-state index < -0.39 is 17.8 Å². The number of carboxylic acids is 1. The molecule has 0 saturated heterocycles. The number of carbonyl (C=O) groups is 2. The fraction of sp³-hybridized carbons (Fsp3) is 0.429. The van der Waals surface area contributed by atoms with E-state index in [-0.39, 0.29) is 11.7 Å². The molecule has 1 aliphatic carbocycles. The van der Waals surface area contributed by atoms with Crippen molar-refractivity contribution in [1.82, 2.24) is 0 Å². The standard InChI is InChI=1S/C14H14FNO3/c15-11-2-1-3-12-10(11)6-7-16(12)13(17)8-4-5-9(8)14(18)19/h1-3,8-9H,4-7H2,(H,18,19). The molecular weight excluding hydrogens is 249 g/mol. The fourth-order valence-electron chi connectivity index (χ4n) is 2.91. The van der Waals surface area contributed by atoms with E-state index in [0.717, 1.165) is 0 Å². The zero-order valence-electron chi connectivity index (χ0n) is 10.3. The van der Waals surface area contributed by atoms with E-state index in [1.807, 2.05) is 0 Å². The number of benzene rings is 1. The molecule has 1 aromatic carbocycles. The average Bonchev–Trinajstić information content (AvgIpc) is 2.71. The molecule has 5 heteroatoms. The minimum Gasteiger partial charge on any atom is -0.481 e. The number of anilines is 1. The third kappa shape index (κ3) is 1.80. The number of carbonyl (C=O) groups excluding carboxylic acids is 1. The highest BCUT2D eigenvalue weighted by atomic mass is 19.1. The molecular formula is C14H14FNO3. The van der Waals surface area contributed by atoms with Gasteiger partial charge in [-0.15, -0.1) is 0 Å². The van der Waals surface area contributed by atoms with Crippen molar-refractivity contribution in [1.29, 1.82) is 0 Å². The molecule has 2 atom stereocenters. The molecule has 1 fully saturated rings. The van der Waals surface area contributed by atoms with Crippen LogP contribution in [0.3, 0.4) is 0 Å². The van der Waals surface area contributed by atoms with Crippen LogP contribution in [0, 0.1) is 17.7 Å². The zero-order valence-corrected chi connectivity index (χ0v) is 10.3. The van der Waals surface area contributed by atoms with Crippen LogP contribution in [0.1, 0.15) is 18.4 Å². The Kier molecular flexibility index (Phi) is 2.77. The number of carboxylic acid groups (broad SMARTS) is 1. The normalized spacial score (nSPS) is 24.8. The predicted octanol–water partition coefficient (Wildman–Crippen LogP) is 1.83. The van der Waals surface area contributed by atoms with Crippen LogP contribution in [0.25, 0.3) is 0 Å². The van der Waals surface area contributed by atoms with Crippen LogP contribution in [0.5, 0.6) is 0 Å². The highest BCUT2D eigenvalue weighted by molar-refractivity contribution is 5.99. The first kappa shape index (κ1) is 12.1. The highest BCUT2D eigenvalue weighted by Crippen LogP contribution is 2.39. The fourth-order valence-corrected chi connectivity index (χ4v) is 2.91. The minimum absolute atomic E-state index is 0.178. The molecule has 0 radical (unpaired) electrons. The summed E-state index contributed by atoms with van der Waals surface area (Å²) in [5.41, 5.74) is 1.16. The van der Waals surface area contributed by atoms with Gasteiger partial charge in [-0.25, -0.2) is 4.39 Å². The van der Waals surface area contributed by atoms with E-state index in [0.29, 0.717) is 37.1 Å². The van der Waals surface area contributed by atoms with Gasteiger partial charge in [0.1, 0.15) is 5.82 Å². The van der Waals surface area contributed by atoms with Crippen molar-refractivity contribution in [3.8, 4) is 0 Å². The van der Waals surface area contributed by atoms with E-state index in [9.17, 15) is 14.0 Å². The third-order valence-electron chi connectivity index (χ3n) is 4.15. The van der Waals surface area contributed by atoms with Gasteiger partial charge < -0.3 is 10.0 Å². The third-order valence-corrected chi connectivity index (χ3v) is 4.15. The van der Waals surface area contributed by atoms with Gasteiger partial charge in [0, 0.05) is 17.8 Å². The number of aliphatic carboxylic acids is 1. The second-order valence-corrected chi connectivity index (χ2v) is 5.11. The Balaban J connectivity index is 1.84. The maximum Gasteiger partial charge on any atom is 0.307 e. The van der Waals surface area contributed by atoms with Crippen molar-refractivity contribution in [3.63, 3.8) is 0 Å². The van der Waals surface area contributed by atoms with Crippen LogP contribution < -0.4 is 4.90 Å². The maximum atomic E-state index is 13.6. The van der Waals surface area contributed by atoms with Crippen molar-refractivity contribution in [2.24, 2.45) is 11.8 Å². The minimum atomic E-state index is -0.914. The lowest BCUT2D eigenvalue weighted by Gasteiger charge is -2.35. The first-order valence-corrected chi connectivity index (χ1v) is 6.41. The second kappa shape index (κ2) is 4.33. The van der Waals surface area contributed by atoms with Crippen molar-refractivity contribution in [3.05, 3.63) is 29.6 Å². The van der Waals surface area contributed by atoms with Crippen LogP contribution in [0.4, 0.5) is 10.1 Å². The van der Waals surface area contributed by atoms with E-state index in [1.165, 1.54) is 11.0 Å². The van der Waals surface area contributed by atoms with Crippen LogP contribution in [0.15, 0.2) is 18.2 Å². The summed E-state index contributed by atoms with van der Waals surface area (Å²) in [5, 5.41) is 9.00. The number of rotatable bonds is 2. The summed E-state index contributed by atoms with van der Waals surface area (Å²) in [4.78, 5) is 24.9. The van der Waals surface area contributed by atoms with Gasteiger partial charge in [-0.2, -0.15) is 0 Å². The summed E-state index contributed by atoms with van der Waals surface area (Å²) < 4.78 is 13.6. The van der Waals surface area contributed by atoms with E-state index >= 15 is 0 Å². The van der Waals surface area contributed by atoms with Gasteiger partial charge in [0.05, 0.1) is 11.8 Å². The molecule has 0 bridgehead atoms. The molecule has 1 N–H and O–H groups in total. The Labute approximate surface area is 109 Å². The molecule has 19 heavy (non-hydrogen) atoms. The molecule has 2 aliphatic rings. The van der Waals surface area contributed by atoms with Crippen molar-refractivity contribution in [2.45, 2.75) is 19.3 Å². The summed E-state index contributed by atoms with van der Waals surface area (Å²) in [5.74, 6) is -2.42. The Morgan fingerprint density at radius 3 is 2.63 bits per heavy atom. The molecule has 100 valence electrons. The van der Waals surface area contributed by atoms with Crippen LogP contribution in [-0.2, 0) is 16.0 Å². The van der Waals surface area contributed by atoms with Crippen molar-refractivity contribution in [2.75, 3.05) is 11.4 Å². The zero-order chi connectivity index (χ0) is 13.6. The molecule has 1 aliphatic heterocycles. The van der Waals surface area contributed by atoms with Crippen LogP contribution in [0.2, 0.25) is 0 Å². The topological polar surface area (TPSA) is 57.6 Å². The van der Waals surface area contributed by atoms with Gasteiger partial charge >= 0.3 is 5.97 Å². The van der Waals surface area contributed by atoms with Crippen LogP contribution in [-0.4, -0.2) is 23.5 Å². The van der Waals surface area contributed by atoms with Crippen molar-refractivity contribution < 1.29 is 19.1 Å². The van der Waals surface area contributed by atoms with Crippen LogP contribution >= 0.6 is 0 Å². The van der Waals surface area contributed by atoms with Crippen molar-refractivity contribution >= 4 is 17.6 Å². The lowest BCUT2D eigenvalue weighted by Crippen LogP contribution is -2.45. The van der Waals surface area contributed by atoms with Gasteiger partial charge in [-0.05, 0) is 31.4 Å². The highest BCUT2D eigenvalue weighted by Gasteiger charge is 2.44. The summed E-state index contributed by atoms with van der Waals surface area (Å²) in [6.45, 7) is 0.442. The number of fused-ring (bicyclic) bond motifs is 1. The van der Waals surface area contributed by atoms with Gasteiger partial charge in [-0.3, -0.25) is 9.59 Å². The summed E-state index contributed by atoms with van der Waals surface area (Å²) in [6.07, 6.45) is 1.66. The molecule has 1 amide bonds. The van der Waals surface area contributed by atoms with Gasteiger partial charge in [0.2, 0.25) is 5.91 Å². The number of amides is 1.